The highest BCUT2D eigenvalue weighted by molar-refractivity contribution is 9.10. The van der Waals surface area contributed by atoms with Gasteiger partial charge in [-0.15, -0.1) is 0 Å². The summed E-state index contributed by atoms with van der Waals surface area (Å²) >= 11 is 3.54. The Balaban J connectivity index is 2.43. The minimum atomic E-state index is -0.477. The molecule has 0 amide bonds. The molecule has 0 spiro atoms. The molecule has 1 aromatic carbocycles. The van der Waals surface area contributed by atoms with Crippen LogP contribution in [0.2, 0.25) is 0 Å². The zero-order chi connectivity index (χ0) is 18.6. The summed E-state index contributed by atoms with van der Waals surface area (Å²) < 4.78 is 21.9. The average Bonchev–Trinajstić information content (AvgIpc) is 2.96. The van der Waals surface area contributed by atoms with Crippen molar-refractivity contribution in [3.05, 3.63) is 33.6 Å². The van der Waals surface area contributed by atoms with Crippen molar-refractivity contribution in [2.45, 2.75) is 13.3 Å². The second-order valence-corrected chi connectivity index (χ2v) is 5.91. The van der Waals surface area contributed by atoms with Gasteiger partial charge in [-0.3, -0.25) is 0 Å². The van der Waals surface area contributed by atoms with Crippen LogP contribution in [0.4, 0.5) is 5.69 Å². The van der Waals surface area contributed by atoms with Gasteiger partial charge in [-0.05, 0) is 40.0 Å². The van der Waals surface area contributed by atoms with Crippen molar-refractivity contribution < 1.29 is 23.7 Å². The summed E-state index contributed by atoms with van der Waals surface area (Å²) in [4.78, 5) is 14.8. The Morgan fingerprint density at radius 2 is 1.84 bits per heavy atom. The van der Waals surface area contributed by atoms with Crippen LogP contribution in [0.25, 0.3) is 0 Å². The van der Waals surface area contributed by atoms with Gasteiger partial charge in [0, 0.05) is 12.6 Å². The fraction of sp³-hybridized carbons (Fsp3) is 0.353. The smallest absolute Gasteiger partial charge is 0.356 e. The third-order valence-corrected chi connectivity index (χ3v) is 4.58. The molecule has 0 saturated carbocycles. The van der Waals surface area contributed by atoms with E-state index in [1.807, 2.05) is 6.07 Å². The Bertz CT molecular complexity index is 773. The van der Waals surface area contributed by atoms with E-state index in [9.17, 15) is 4.79 Å². The summed E-state index contributed by atoms with van der Waals surface area (Å²) in [5, 5.41) is 0. The number of ether oxygens (including phenoxy) is 4. The number of aromatic nitrogens is 1. The second-order valence-electron chi connectivity index (χ2n) is 5.12. The average molecular weight is 413 g/mol. The lowest BCUT2D eigenvalue weighted by molar-refractivity contribution is 0.0521. The predicted molar refractivity (Wildman–Crippen MR) is 97.8 cm³/mol. The quantitative estimate of drug-likeness (QED) is 0.678. The third kappa shape index (κ3) is 3.68. The summed E-state index contributed by atoms with van der Waals surface area (Å²) in [6.07, 6.45) is 2.15. The lowest BCUT2D eigenvalue weighted by Gasteiger charge is -2.16. The van der Waals surface area contributed by atoms with Crippen LogP contribution in [0.15, 0.2) is 16.7 Å². The van der Waals surface area contributed by atoms with Crippen molar-refractivity contribution in [2.75, 3.05) is 33.7 Å². The molecule has 0 saturated heterocycles. The Morgan fingerprint density at radius 1 is 1.16 bits per heavy atom. The highest BCUT2D eigenvalue weighted by Crippen LogP contribution is 2.45. The van der Waals surface area contributed by atoms with Crippen LogP contribution in [0.1, 0.15) is 28.5 Å². The largest absolute Gasteiger partial charge is 0.493 e. The van der Waals surface area contributed by atoms with E-state index in [1.165, 1.54) is 0 Å². The number of nitrogens with two attached hydrogens (primary N) is 1. The SMILES string of the molecule is CCOC(=O)c1[nH]cc(Cc2cc(OC)c(OC)c(OC)c2Br)c1N. The predicted octanol–water partition coefficient (Wildman–Crippen LogP) is 3.15. The number of anilines is 1. The van der Waals surface area contributed by atoms with E-state index in [4.69, 9.17) is 24.7 Å². The normalized spacial score (nSPS) is 10.4. The van der Waals surface area contributed by atoms with Crippen LogP contribution in [0, 0.1) is 0 Å². The van der Waals surface area contributed by atoms with E-state index in [0.29, 0.717) is 29.4 Å². The van der Waals surface area contributed by atoms with Crippen molar-refractivity contribution in [2.24, 2.45) is 0 Å². The third-order valence-electron chi connectivity index (χ3n) is 3.71. The van der Waals surface area contributed by atoms with E-state index in [2.05, 4.69) is 20.9 Å². The molecule has 136 valence electrons. The van der Waals surface area contributed by atoms with Crippen LogP contribution in [-0.4, -0.2) is 38.9 Å². The second kappa shape index (κ2) is 8.15. The van der Waals surface area contributed by atoms with E-state index in [0.717, 1.165) is 15.6 Å². The standard InChI is InChI=1S/C17H21BrN2O5/c1-5-25-17(21)14-13(19)10(8-20-14)6-9-7-11(22-2)15(23-3)16(24-4)12(9)18/h7-8,20H,5-6,19H2,1-4H3. The molecule has 0 aliphatic heterocycles. The summed E-state index contributed by atoms with van der Waals surface area (Å²) in [5.74, 6) is 1.08. The maximum absolute atomic E-state index is 11.9. The summed E-state index contributed by atoms with van der Waals surface area (Å²) in [6, 6.07) is 1.84. The molecule has 7 nitrogen and oxygen atoms in total. The summed E-state index contributed by atoms with van der Waals surface area (Å²) in [5.41, 5.74) is 8.34. The van der Waals surface area contributed by atoms with Crippen molar-refractivity contribution in [3.63, 3.8) is 0 Å². The van der Waals surface area contributed by atoms with Gasteiger partial charge in [0.15, 0.2) is 11.5 Å². The van der Waals surface area contributed by atoms with Gasteiger partial charge in [0.2, 0.25) is 5.75 Å². The molecule has 3 N–H and O–H groups in total. The summed E-state index contributed by atoms with van der Waals surface area (Å²) in [7, 11) is 4.65. The van der Waals surface area contributed by atoms with Crippen LogP contribution in [0.3, 0.4) is 0 Å². The highest BCUT2D eigenvalue weighted by Gasteiger charge is 2.21. The van der Waals surface area contributed by atoms with Crippen molar-refractivity contribution in [1.29, 1.82) is 0 Å². The highest BCUT2D eigenvalue weighted by atomic mass is 79.9. The molecule has 25 heavy (non-hydrogen) atoms. The zero-order valence-electron chi connectivity index (χ0n) is 14.6. The fourth-order valence-electron chi connectivity index (χ4n) is 2.50. The number of esters is 1. The maximum atomic E-state index is 11.9. The first-order valence-electron chi connectivity index (χ1n) is 7.58. The number of nitrogens with one attached hydrogen (secondary N) is 1. The van der Waals surface area contributed by atoms with E-state index >= 15 is 0 Å². The molecule has 1 heterocycles. The molecule has 1 aromatic heterocycles. The van der Waals surface area contributed by atoms with Gasteiger partial charge in [0.05, 0.1) is 38.1 Å². The molecule has 8 heteroatoms. The van der Waals surface area contributed by atoms with Gasteiger partial charge in [-0.25, -0.2) is 4.79 Å². The zero-order valence-corrected chi connectivity index (χ0v) is 16.2. The van der Waals surface area contributed by atoms with E-state index < -0.39 is 5.97 Å². The first kappa shape index (κ1) is 19.0. The van der Waals surface area contributed by atoms with Gasteiger partial charge >= 0.3 is 5.97 Å². The number of aromatic amines is 1. The first-order valence-corrected chi connectivity index (χ1v) is 8.37. The molecule has 0 fully saturated rings. The van der Waals surface area contributed by atoms with E-state index in [-0.39, 0.29) is 12.3 Å². The number of rotatable bonds is 7. The van der Waals surface area contributed by atoms with Gasteiger partial charge in [0.25, 0.3) is 0 Å². The topological polar surface area (TPSA) is 95.8 Å². The minimum absolute atomic E-state index is 0.250. The maximum Gasteiger partial charge on any atom is 0.356 e. The lowest BCUT2D eigenvalue weighted by atomic mass is 10.0. The number of nitrogen functional groups attached to an aromatic ring is 1. The number of hydrogen-bond acceptors (Lipinski definition) is 6. The number of methoxy groups -OCH3 is 3. The molecule has 0 aliphatic rings. The Hall–Kier alpha value is -2.35. The molecule has 0 atom stereocenters. The number of H-pyrrole nitrogens is 1. The Kier molecular flexibility index (Phi) is 6.19. The monoisotopic (exact) mass is 412 g/mol. The van der Waals surface area contributed by atoms with Crippen LogP contribution in [0.5, 0.6) is 17.2 Å². The molecule has 0 bridgehead atoms. The molecular weight excluding hydrogens is 392 g/mol. The summed E-state index contributed by atoms with van der Waals surface area (Å²) in [6.45, 7) is 2.02. The van der Waals surface area contributed by atoms with Gasteiger partial charge in [0.1, 0.15) is 5.69 Å². The molecule has 0 aliphatic carbocycles. The molecule has 2 rings (SSSR count). The first-order chi connectivity index (χ1) is 12.0. The minimum Gasteiger partial charge on any atom is -0.493 e. The van der Waals surface area contributed by atoms with Crippen LogP contribution >= 0.6 is 15.9 Å². The number of carbonyl (C=O) groups is 1. The number of carbonyl (C=O) groups excluding carboxylic acids is 1. The van der Waals surface area contributed by atoms with Crippen LogP contribution in [-0.2, 0) is 11.2 Å². The van der Waals surface area contributed by atoms with Crippen molar-refractivity contribution >= 4 is 27.6 Å². The number of halogens is 1. The molecular formula is C17H21BrN2O5. The Morgan fingerprint density at radius 3 is 2.40 bits per heavy atom. The number of benzene rings is 1. The Labute approximate surface area is 154 Å². The van der Waals surface area contributed by atoms with E-state index in [1.54, 1.807) is 34.4 Å². The van der Waals surface area contributed by atoms with Gasteiger partial charge < -0.3 is 29.7 Å². The van der Waals surface area contributed by atoms with Crippen molar-refractivity contribution in [1.82, 2.24) is 4.98 Å². The molecule has 0 radical (unpaired) electrons. The number of hydrogen-bond donors (Lipinski definition) is 2. The van der Waals surface area contributed by atoms with Crippen molar-refractivity contribution in [3.8, 4) is 17.2 Å². The van der Waals surface area contributed by atoms with Crippen LogP contribution < -0.4 is 19.9 Å². The van der Waals surface area contributed by atoms with Gasteiger partial charge in [-0.2, -0.15) is 0 Å². The fourth-order valence-corrected chi connectivity index (χ4v) is 3.10. The molecule has 2 aromatic rings. The van der Waals surface area contributed by atoms with Gasteiger partial charge in [-0.1, -0.05) is 0 Å². The molecule has 0 unspecified atom stereocenters. The lowest BCUT2D eigenvalue weighted by Crippen LogP contribution is -2.08.